The second-order valence-corrected chi connectivity index (χ2v) is 4.09. The first-order chi connectivity index (χ1) is 7.19. The predicted molar refractivity (Wildman–Crippen MR) is 54.0 cm³/mol. The van der Waals surface area contributed by atoms with Crippen LogP contribution < -0.4 is 5.73 Å². The summed E-state index contributed by atoms with van der Waals surface area (Å²) < 4.78 is 18.3. The molecular formula is C10H16FN3O. The van der Waals surface area contributed by atoms with E-state index in [0.29, 0.717) is 26.1 Å². The van der Waals surface area contributed by atoms with Crippen molar-refractivity contribution in [2.45, 2.75) is 32.1 Å². The molecule has 0 radical (unpaired) electrons. The Kier molecular flexibility index (Phi) is 3.02. The number of rotatable bonds is 3. The molecule has 2 rings (SSSR count). The third kappa shape index (κ3) is 2.35. The first kappa shape index (κ1) is 10.6. The molecule has 1 aliphatic heterocycles. The average Bonchev–Trinajstić information content (AvgIpc) is 2.73. The summed E-state index contributed by atoms with van der Waals surface area (Å²) in [6.45, 7) is 3.41. The summed E-state index contributed by atoms with van der Waals surface area (Å²) in [5.74, 6) is 0.778. The molecule has 1 saturated heterocycles. The van der Waals surface area contributed by atoms with Crippen LogP contribution >= 0.6 is 0 Å². The number of hydrogen-bond donors (Lipinski definition) is 1. The van der Waals surface area contributed by atoms with Crippen LogP contribution in [0, 0.1) is 6.92 Å². The average molecular weight is 213 g/mol. The lowest BCUT2D eigenvalue weighted by Gasteiger charge is -2.20. The second-order valence-electron chi connectivity index (χ2n) is 4.09. The Bertz CT molecular complexity index is 328. The van der Waals surface area contributed by atoms with Crippen molar-refractivity contribution in [1.82, 2.24) is 10.1 Å². The molecule has 84 valence electrons. The zero-order valence-corrected chi connectivity index (χ0v) is 8.82. The standard InChI is InChI=1S/C10H16FN3O/c1-7-2-10(15-13-7)6-14-5-8(11)3-9(14)4-12/h2,8-9H,3-6,12H2,1H3/t8-,9-/m0/s1. The number of hydrogen-bond acceptors (Lipinski definition) is 4. The fourth-order valence-corrected chi connectivity index (χ4v) is 2.05. The van der Waals surface area contributed by atoms with Gasteiger partial charge in [-0.2, -0.15) is 0 Å². The van der Waals surface area contributed by atoms with E-state index in [2.05, 4.69) is 5.16 Å². The molecule has 2 atom stereocenters. The van der Waals surface area contributed by atoms with Crippen LogP contribution in [0.15, 0.2) is 10.6 Å². The highest BCUT2D eigenvalue weighted by atomic mass is 19.1. The lowest BCUT2D eigenvalue weighted by molar-refractivity contribution is 0.210. The summed E-state index contributed by atoms with van der Waals surface area (Å²) in [5, 5.41) is 3.80. The Labute approximate surface area is 88.2 Å². The van der Waals surface area contributed by atoms with Gasteiger partial charge in [0.1, 0.15) is 6.17 Å². The van der Waals surface area contributed by atoms with Gasteiger partial charge < -0.3 is 10.3 Å². The van der Waals surface area contributed by atoms with Gasteiger partial charge in [0.2, 0.25) is 0 Å². The number of aryl methyl sites for hydroxylation is 1. The molecule has 1 aromatic rings. The minimum Gasteiger partial charge on any atom is -0.360 e. The van der Waals surface area contributed by atoms with Crippen molar-refractivity contribution in [1.29, 1.82) is 0 Å². The first-order valence-electron chi connectivity index (χ1n) is 5.19. The van der Waals surface area contributed by atoms with Crippen molar-refractivity contribution in [3.05, 3.63) is 17.5 Å². The van der Waals surface area contributed by atoms with Gasteiger partial charge in [0, 0.05) is 25.2 Å². The number of nitrogens with zero attached hydrogens (tertiary/aromatic N) is 2. The summed E-state index contributed by atoms with van der Waals surface area (Å²) in [6.07, 6.45) is -0.230. The van der Waals surface area contributed by atoms with Gasteiger partial charge in [0.25, 0.3) is 0 Å². The molecule has 0 aliphatic carbocycles. The quantitative estimate of drug-likeness (QED) is 0.809. The van der Waals surface area contributed by atoms with E-state index in [-0.39, 0.29) is 6.04 Å². The molecule has 15 heavy (non-hydrogen) atoms. The largest absolute Gasteiger partial charge is 0.360 e. The number of aromatic nitrogens is 1. The van der Waals surface area contributed by atoms with Gasteiger partial charge in [-0.3, -0.25) is 4.90 Å². The van der Waals surface area contributed by atoms with E-state index in [1.165, 1.54) is 0 Å². The predicted octanol–water partition coefficient (Wildman–Crippen LogP) is 0.854. The highest BCUT2D eigenvalue weighted by Crippen LogP contribution is 2.22. The molecular weight excluding hydrogens is 197 g/mol. The lowest BCUT2D eigenvalue weighted by atomic mass is 10.2. The van der Waals surface area contributed by atoms with Crippen molar-refractivity contribution in [2.24, 2.45) is 5.73 Å². The number of alkyl halides is 1. The van der Waals surface area contributed by atoms with Gasteiger partial charge in [-0.1, -0.05) is 5.16 Å². The molecule has 0 bridgehead atoms. The Morgan fingerprint density at radius 2 is 2.53 bits per heavy atom. The number of nitrogens with two attached hydrogens (primary N) is 1. The Hall–Kier alpha value is -0.940. The molecule has 0 unspecified atom stereocenters. The van der Waals surface area contributed by atoms with Crippen LogP contribution in [-0.4, -0.2) is 35.4 Å². The fourth-order valence-electron chi connectivity index (χ4n) is 2.05. The SMILES string of the molecule is Cc1cc(CN2C[C@@H](F)C[C@H]2CN)on1. The summed E-state index contributed by atoms with van der Waals surface area (Å²) >= 11 is 0. The molecule has 1 aromatic heterocycles. The molecule has 0 amide bonds. The molecule has 0 spiro atoms. The highest BCUT2D eigenvalue weighted by molar-refractivity contribution is 5.04. The maximum absolute atomic E-state index is 13.2. The van der Waals surface area contributed by atoms with Crippen LogP contribution in [0.1, 0.15) is 17.9 Å². The lowest BCUT2D eigenvalue weighted by Crippen LogP contribution is -2.34. The van der Waals surface area contributed by atoms with Gasteiger partial charge in [-0.25, -0.2) is 4.39 Å². The summed E-state index contributed by atoms with van der Waals surface area (Å²) in [6, 6.07) is 2.00. The molecule has 2 N–H and O–H groups in total. The summed E-state index contributed by atoms with van der Waals surface area (Å²) in [4.78, 5) is 2.02. The van der Waals surface area contributed by atoms with Crippen molar-refractivity contribution < 1.29 is 8.91 Å². The van der Waals surface area contributed by atoms with E-state index >= 15 is 0 Å². The zero-order chi connectivity index (χ0) is 10.8. The van der Waals surface area contributed by atoms with Gasteiger partial charge in [-0.15, -0.1) is 0 Å². The van der Waals surface area contributed by atoms with Gasteiger partial charge >= 0.3 is 0 Å². The van der Waals surface area contributed by atoms with Crippen molar-refractivity contribution in [3.63, 3.8) is 0 Å². The van der Waals surface area contributed by atoms with Crippen LogP contribution in [0.3, 0.4) is 0 Å². The topological polar surface area (TPSA) is 55.3 Å². The Morgan fingerprint density at radius 3 is 3.13 bits per heavy atom. The third-order valence-corrected chi connectivity index (χ3v) is 2.78. The van der Waals surface area contributed by atoms with Crippen LogP contribution in [0.5, 0.6) is 0 Å². The van der Waals surface area contributed by atoms with E-state index in [1.807, 2.05) is 17.9 Å². The monoisotopic (exact) mass is 213 g/mol. The van der Waals surface area contributed by atoms with Gasteiger partial charge in [0.15, 0.2) is 5.76 Å². The van der Waals surface area contributed by atoms with Crippen LogP contribution in [0.4, 0.5) is 4.39 Å². The maximum atomic E-state index is 13.2. The van der Waals surface area contributed by atoms with Crippen molar-refractivity contribution >= 4 is 0 Å². The number of halogens is 1. The van der Waals surface area contributed by atoms with E-state index in [9.17, 15) is 4.39 Å². The molecule has 0 saturated carbocycles. The third-order valence-electron chi connectivity index (χ3n) is 2.78. The van der Waals surface area contributed by atoms with Crippen molar-refractivity contribution in [3.8, 4) is 0 Å². The summed E-state index contributed by atoms with van der Waals surface area (Å²) in [5.41, 5.74) is 6.44. The van der Waals surface area contributed by atoms with E-state index in [1.54, 1.807) is 0 Å². The Balaban J connectivity index is 1.99. The van der Waals surface area contributed by atoms with Crippen LogP contribution in [-0.2, 0) is 6.54 Å². The second kappa shape index (κ2) is 4.28. The first-order valence-corrected chi connectivity index (χ1v) is 5.19. The highest BCUT2D eigenvalue weighted by Gasteiger charge is 2.31. The molecule has 1 fully saturated rings. The molecule has 2 heterocycles. The minimum atomic E-state index is -0.762. The Morgan fingerprint density at radius 1 is 1.73 bits per heavy atom. The number of likely N-dealkylation sites (tertiary alicyclic amines) is 1. The molecule has 5 heteroatoms. The zero-order valence-electron chi connectivity index (χ0n) is 8.82. The minimum absolute atomic E-state index is 0.130. The van der Waals surface area contributed by atoms with Gasteiger partial charge in [-0.05, 0) is 13.3 Å². The molecule has 4 nitrogen and oxygen atoms in total. The van der Waals surface area contributed by atoms with Crippen LogP contribution in [0.2, 0.25) is 0 Å². The maximum Gasteiger partial charge on any atom is 0.150 e. The van der Waals surface area contributed by atoms with E-state index in [4.69, 9.17) is 10.3 Å². The fraction of sp³-hybridized carbons (Fsp3) is 0.700. The molecule has 1 aliphatic rings. The van der Waals surface area contributed by atoms with E-state index in [0.717, 1.165) is 11.5 Å². The normalized spacial score (nSPS) is 27.4. The smallest absolute Gasteiger partial charge is 0.150 e. The van der Waals surface area contributed by atoms with Gasteiger partial charge in [0.05, 0.1) is 12.2 Å². The summed E-state index contributed by atoms with van der Waals surface area (Å²) in [7, 11) is 0. The van der Waals surface area contributed by atoms with Crippen LogP contribution in [0.25, 0.3) is 0 Å². The van der Waals surface area contributed by atoms with E-state index < -0.39 is 6.17 Å². The molecule has 0 aromatic carbocycles. The van der Waals surface area contributed by atoms with Crippen molar-refractivity contribution in [2.75, 3.05) is 13.1 Å².